The highest BCUT2D eigenvalue weighted by Crippen LogP contribution is 2.26. The normalized spacial score (nSPS) is 14.4. The fraction of sp³-hybridized carbons (Fsp3) is 0.0435. The second-order valence-electron chi connectivity index (χ2n) is 6.67. The number of hydrogen-bond acceptors (Lipinski definition) is 6. The molecule has 3 aromatic rings. The van der Waals surface area contributed by atoms with Gasteiger partial charge in [0.15, 0.2) is 0 Å². The molecule has 148 valence electrons. The number of rotatable bonds is 5. The van der Waals surface area contributed by atoms with E-state index < -0.39 is 10.9 Å². The largest absolute Gasteiger partial charge is 0.368 e. The highest BCUT2D eigenvalue weighted by atomic mass is 16.7. The van der Waals surface area contributed by atoms with Crippen LogP contribution in [0.5, 0.6) is 0 Å². The lowest BCUT2D eigenvalue weighted by Crippen LogP contribution is -2.09. The number of anilines is 2. The van der Waals surface area contributed by atoms with Gasteiger partial charge in [-0.3, -0.25) is 10.1 Å². The molecule has 0 aromatic heterocycles. The van der Waals surface area contributed by atoms with Gasteiger partial charge in [0.1, 0.15) is 5.71 Å². The maximum atomic E-state index is 12.2. The van der Waals surface area contributed by atoms with E-state index in [-0.39, 0.29) is 5.69 Å². The van der Waals surface area contributed by atoms with Crippen LogP contribution < -0.4 is 4.90 Å². The van der Waals surface area contributed by atoms with E-state index >= 15 is 0 Å². The second-order valence-corrected chi connectivity index (χ2v) is 6.67. The number of non-ortho nitro benzene ring substituents is 1. The maximum absolute atomic E-state index is 12.2. The lowest BCUT2D eigenvalue weighted by atomic mass is 10.0. The van der Waals surface area contributed by atoms with Crippen LogP contribution in [0.3, 0.4) is 0 Å². The lowest BCUT2D eigenvalue weighted by Gasteiger charge is -2.19. The van der Waals surface area contributed by atoms with E-state index in [1.807, 2.05) is 61.6 Å². The molecular weight excluding hydrogens is 382 g/mol. The molecule has 3 aromatic carbocycles. The molecule has 0 atom stereocenters. The topological polar surface area (TPSA) is 85.0 Å². The molecule has 0 radical (unpaired) electrons. The Morgan fingerprint density at radius 3 is 2.20 bits per heavy atom. The van der Waals surface area contributed by atoms with Gasteiger partial charge in [-0.25, -0.2) is 4.79 Å². The van der Waals surface area contributed by atoms with Gasteiger partial charge in [0, 0.05) is 36.1 Å². The summed E-state index contributed by atoms with van der Waals surface area (Å²) in [7, 11) is 1.98. The van der Waals surface area contributed by atoms with E-state index in [1.54, 1.807) is 18.2 Å². The Morgan fingerprint density at radius 1 is 0.933 bits per heavy atom. The van der Waals surface area contributed by atoms with Crippen LogP contribution in [0.25, 0.3) is 6.08 Å². The minimum Gasteiger partial charge on any atom is -0.345 e. The van der Waals surface area contributed by atoms with Crippen molar-refractivity contribution in [1.29, 1.82) is 0 Å². The first kappa shape index (κ1) is 19.1. The SMILES string of the molecule is CN(c1ccccc1)c1ccc(/C=C2\C(=O)ON=C2c2ccc([N+](=O)[O-])cc2)cc1. The molecule has 7 nitrogen and oxygen atoms in total. The number of carbonyl (C=O) groups excluding carboxylic acids is 1. The molecular formula is C23H17N3O4. The quantitative estimate of drug-likeness (QED) is 0.269. The van der Waals surface area contributed by atoms with Crippen molar-refractivity contribution in [3.63, 3.8) is 0 Å². The number of benzene rings is 3. The van der Waals surface area contributed by atoms with E-state index in [0.29, 0.717) is 16.8 Å². The molecule has 0 bridgehead atoms. The van der Waals surface area contributed by atoms with Crippen molar-refractivity contribution in [3.8, 4) is 0 Å². The molecule has 0 saturated carbocycles. The number of hydrogen-bond donors (Lipinski definition) is 0. The van der Waals surface area contributed by atoms with Crippen LogP contribution in [0.15, 0.2) is 89.6 Å². The molecule has 1 heterocycles. The Hall–Kier alpha value is -4.26. The molecule has 0 N–H and O–H groups in total. The summed E-state index contributed by atoms with van der Waals surface area (Å²) in [5.74, 6) is -0.561. The van der Waals surface area contributed by atoms with Gasteiger partial charge in [-0.15, -0.1) is 0 Å². The summed E-state index contributed by atoms with van der Waals surface area (Å²) in [5, 5.41) is 14.7. The number of nitro groups is 1. The molecule has 0 amide bonds. The molecule has 0 fully saturated rings. The van der Waals surface area contributed by atoms with E-state index in [2.05, 4.69) is 10.1 Å². The smallest absolute Gasteiger partial charge is 0.345 e. The molecule has 30 heavy (non-hydrogen) atoms. The monoisotopic (exact) mass is 399 g/mol. The Labute approximate surface area is 172 Å². The zero-order valence-electron chi connectivity index (χ0n) is 16.1. The highest BCUT2D eigenvalue weighted by Gasteiger charge is 2.27. The molecule has 0 aliphatic carbocycles. The summed E-state index contributed by atoms with van der Waals surface area (Å²) in [5.41, 5.74) is 4.06. The number of nitro benzene ring substituents is 1. The Balaban J connectivity index is 1.59. The first-order valence-corrected chi connectivity index (χ1v) is 9.18. The average molecular weight is 399 g/mol. The van der Waals surface area contributed by atoms with Gasteiger partial charge >= 0.3 is 5.97 Å². The summed E-state index contributed by atoms with van der Waals surface area (Å²) in [6.45, 7) is 0. The fourth-order valence-electron chi connectivity index (χ4n) is 3.12. The molecule has 0 spiro atoms. The summed E-state index contributed by atoms with van der Waals surface area (Å²) in [6, 6.07) is 23.5. The van der Waals surface area contributed by atoms with Crippen LogP contribution in [0.1, 0.15) is 11.1 Å². The third-order valence-electron chi connectivity index (χ3n) is 4.78. The molecule has 0 saturated heterocycles. The van der Waals surface area contributed by atoms with E-state index in [4.69, 9.17) is 4.84 Å². The maximum Gasteiger partial charge on any atom is 0.368 e. The van der Waals surface area contributed by atoms with Gasteiger partial charge in [0.2, 0.25) is 0 Å². The Bertz CT molecular complexity index is 1150. The van der Waals surface area contributed by atoms with Crippen molar-refractivity contribution < 1.29 is 14.6 Å². The lowest BCUT2D eigenvalue weighted by molar-refractivity contribution is -0.384. The number of nitrogens with zero attached hydrogens (tertiary/aromatic N) is 3. The van der Waals surface area contributed by atoms with Gasteiger partial charge in [-0.2, -0.15) is 0 Å². The molecule has 1 aliphatic rings. The predicted octanol–water partition coefficient (Wildman–Crippen LogP) is 4.71. The first-order chi connectivity index (χ1) is 14.5. The van der Waals surface area contributed by atoms with Crippen LogP contribution in [0.4, 0.5) is 17.1 Å². The van der Waals surface area contributed by atoms with Crippen molar-refractivity contribution in [3.05, 3.63) is 106 Å². The fourth-order valence-corrected chi connectivity index (χ4v) is 3.12. The van der Waals surface area contributed by atoms with Gasteiger partial charge in [0.25, 0.3) is 5.69 Å². The number of oxime groups is 1. The van der Waals surface area contributed by atoms with Gasteiger partial charge in [0.05, 0.1) is 10.5 Å². The number of para-hydroxylation sites is 1. The van der Waals surface area contributed by atoms with Crippen molar-refractivity contribution in [1.82, 2.24) is 0 Å². The second kappa shape index (κ2) is 8.00. The van der Waals surface area contributed by atoms with Crippen molar-refractivity contribution >= 4 is 34.8 Å². The molecule has 0 unspecified atom stereocenters. The van der Waals surface area contributed by atoms with Crippen molar-refractivity contribution in [2.45, 2.75) is 0 Å². The van der Waals surface area contributed by atoms with E-state index in [0.717, 1.165) is 16.9 Å². The minimum atomic E-state index is -0.561. The van der Waals surface area contributed by atoms with Crippen LogP contribution in [0, 0.1) is 10.1 Å². The molecule has 7 heteroatoms. The minimum absolute atomic E-state index is 0.0340. The molecule has 1 aliphatic heterocycles. The standard InChI is InChI=1S/C23H17N3O4/c1-25(18-5-3-2-4-6-18)19-11-7-16(8-12-19)15-21-22(24-30-23(21)27)17-9-13-20(14-10-17)26(28)29/h2-15H,1H3/b21-15-. The average Bonchev–Trinajstić information content (AvgIpc) is 3.14. The van der Waals surface area contributed by atoms with Crippen LogP contribution >= 0.6 is 0 Å². The summed E-state index contributed by atoms with van der Waals surface area (Å²) >= 11 is 0. The van der Waals surface area contributed by atoms with Crippen molar-refractivity contribution in [2.24, 2.45) is 5.16 Å². The summed E-state index contributed by atoms with van der Waals surface area (Å²) < 4.78 is 0. The van der Waals surface area contributed by atoms with E-state index in [1.165, 1.54) is 12.1 Å². The third-order valence-corrected chi connectivity index (χ3v) is 4.78. The Kier molecular flexibility index (Phi) is 5.09. The zero-order valence-corrected chi connectivity index (χ0v) is 16.1. The van der Waals surface area contributed by atoms with Crippen molar-refractivity contribution in [2.75, 3.05) is 11.9 Å². The molecule has 4 rings (SSSR count). The van der Waals surface area contributed by atoms with Gasteiger partial charge < -0.3 is 9.74 Å². The van der Waals surface area contributed by atoms with E-state index in [9.17, 15) is 14.9 Å². The van der Waals surface area contributed by atoms with Gasteiger partial charge in [-0.05, 0) is 48.0 Å². The van der Waals surface area contributed by atoms with Gasteiger partial charge in [-0.1, -0.05) is 35.5 Å². The third kappa shape index (κ3) is 3.81. The Morgan fingerprint density at radius 2 is 1.57 bits per heavy atom. The van der Waals surface area contributed by atoms with Crippen LogP contribution in [-0.2, 0) is 9.63 Å². The number of carbonyl (C=O) groups is 1. The highest BCUT2D eigenvalue weighted by molar-refractivity contribution is 6.31. The zero-order chi connectivity index (χ0) is 21.1. The first-order valence-electron chi connectivity index (χ1n) is 9.18. The predicted molar refractivity (Wildman–Crippen MR) is 115 cm³/mol. The summed E-state index contributed by atoms with van der Waals surface area (Å²) in [6.07, 6.45) is 1.70. The van der Waals surface area contributed by atoms with Crippen LogP contribution in [-0.4, -0.2) is 23.7 Å². The van der Waals surface area contributed by atoms with Crippen LogP contribution in [0.2, 0.25) is 0 Å². The summed E-state index contributed by atoms with van der Waals surface area (Å²) in [4.78, 5) is 29.4.